The van der Waals surface area contributed by atoms with Crippen molar-refractivity contribution in [1.29, 1.82) is 0 Å². The van der Waals surface area contributed by atoms with Gasteiger partial charge in [0.2, 0.25) is 0 Å². The Kier molecular flexibility index (Phi) is 5.48. The normalized spacial score (nSPS) is 11.5. The Morgan fingerprint density at radius 3 is 2.45 bits per heavy atom. The molecule has 0 aliphatic heterocycles. The first-order valence-electron chi connectivity index (χ1n) is 5.32. The molecule has 1 aromatic carbocycles. The molecule has 0 fully saturated rings. The van der Waals surface area contributed by atoms with Gasteiger partial charge >= 0.3 is 10.1 Å². The lowest BCUT2D eigenvalue weighted by Gasteiger charge is -2.02. The molecule has 1 heterocycles. The van der Waals surface area contributed by atoms with Crippen LogP contribution in [0.25, 0.3) is 0 Å². The zero-order valence-corrected chi connectivity index (χ0v) is 11.8. The Hall–Kier alpha value is -2.12. The highest BCUT2D eigenvalue weighted by Crippen LogP contribution is 2.11. The second-order valence-corrected chi connectivity index (χ2v) is 5.09. The number of hydrogen-bond donors (Lipinski definition) is 1. The number of nitrogens with two attached hydrogens (primary N) is 1. The molecule has 0 amide bonds. The SMILES string of the molecule is Cl.N/C(=N\OS(=O)(=O)c1ccccc1)c1cccnc1. The standard InChI is InChI=1S/C12H11N3O3S.ClH/c13-12(10-5-4-8-14-9-10)15-18-19(16,17)11-6-2-1-3-7-11;/h1-9H,(H2,13,15);1H. The molecular formula is C12H12ClN3O3S. The molecule has 2 rings (SSSR count). The van der Waals surface area contributed by atoms with E-state index in [9.17, 15) is 8.42 Å². The van der Waals surface area contributed by atoms with E-state index >= 15 is 0 Å². The molecule has 0 bridgehead atoms. The van der Waals surface area contributed by atoms with Gasteiger partial charge in [0.1, 0.15) is 4.90 Å². The zero-order valence-electron chi connectivity index (χ0n) is 10.2. The maximum Gasteiger partial charge on any atom is 0.358 e. The quantitative estimate of drug-likeness (QED) is 0.525. The maximum absolute atomic E-state index is 11.8. The van der Waals surface area contributed by atoms with E-state index in [-0.39, 0.29) is 23.1 Å². The lowest BCUT2D eigenvalue weighted by atomic mass is 10.3. The summed E-state index contributed by atoms with van der Waals surface area (Å²) in [6.45, 7) is 0. The van der Waals surface area contributed by atoms with E-state index in [2.05, 4.69) is 14.4 Å². The first-order valence-corrected chi connectivity index (χ1v) is 6.73. The lowest BCUT2D eigenvalue weighted by molar-refractivity contribution is 0.338. The number of benzene rings is 1. The largest absolute Gasteiger partial charge is 0.380 e. The molecule has 2 aromatic rings. The van der Waals surface area contributed by atoms with Gasteiger partial charge in [0, 0.05) is 18.0 Å². The molecule has 1 aromatic heterocycles. The van der Waals surface area contributed by atoms with Crippen LogP contribution in [0.5, 0.6) is 0 Å². The van der Waals surface area contributed by atoms with Crippen LogP contribution < -0.4 is 5.73 Å². The Morgan fingerprint density at radius 2 is 1.85 bits per heavy atom. The van der Waals surface area contributed by atoms with Gasteiger partial charge in [0.15, 0.2) is 5.84 Å². The molecule has 0 radical (unpaired) electrons. The van der Waals surface area contributed by atoms with E-state index < -0.39 is 10.1 Å². The fraction of sp³-hybridized carbons (Fsp3) is 0. The van der Waals surface area contributed by atoms with Crippen LogP contribution in [-0.4, -0.2) is 19.2 Å². The highest BCUT2D eigenvalue weighted by Gasteiger charge is 2.15. The molecule has 0 saturated carbocycles. The van der Waals surface area contributed by atoms with Crippen LogP contribution >= 0.6 is 12.4 Å². The molecule has 0 aliphatic rings. The predicted octanol–water partition coefficient (Wildman–Crippen LogP) is 1.53. The molecule has 8 heteroatoms. The zero-order chi connectivity index (χ0) is 13.7. The third-order valence-corrected chi connectivity index (χ3v) is 3.34. The van der Waals surface area contributed by atoms with Crippen LogP contribution in [0.1, 0.15) is 5.56 Å². The minimum Gasteiger partial charge on any atom is -0.380 e. The number of halogens is 1. The minimum absolute atomic E-state index is 0. The fourth-order valence-corrected chi connectivity index (χ4v) is 2.04. The number of amidine groups is 1. The van der Waals surface area contributed by atoms with Crippen molar-refractivity contribution in [3.05, 3.63) is 60.4 Å². The van der Waals surface area contributed by atoms with E-state index in [4.69, 9.17) is 5.73 Å². The van der Waals surface area contributed by atoms with E-state index in [0.29, 0.717) is 5.56 Å². The number of oxime groups is 1. The molecule has 0 atom stereocenters. The van der Waals surface area contributed by atoms with Crippen molar-refractivity contribution in [1.82, 2.24) is 4.98 Å². The van der Waals surface area contributed by atoms with Crippen molar-refractivity contribution in [2.45, 2.75) is 4.90 Å². The topological polar surface area (TPSA) is 94.6 Å². The summed E-state index contributed by atoms with van der Waals surface area (Å²) in [5.74, 6) is -0.0624. The highest BCUT2D eigenvalue weighted by atomic mass is 35.5. The summed E-state index contributed by atoms with van der Waals surface area (Å²) in [5, 5.41) is 3.41. The molecule has 0 unspecified atom stereocenters. The van der Waals surface area contributed by atoms with Gasteiger partial charge in [-0.2, -0.15) is 8.42 Å². The summed E-state index contributed by atoms with van der Waals surface area (Å²) in [6, 6.07) is 11.0. The smallest absolute Gasteiger partial charge is 0.358 e. The van der Waals surface area contributed by atoms with Crippen LogP contribution in [0.15, 0.2) is 64.9 Å². The predicted molar refractivity (Wildman–Crippen MR) is 76.9 cm³/mol. The summed E-state index contributed by atoms with van der Waals surface area (Å²) >= 11 is 0. The van der Waals surface area contributed by atoms with Crippen molar-refractivity contribution < 1.29 is 12.7 Å². The molecular weight excluding hydrogens is 302 g/mol. The van der Waals surface area contributed by atoms with Crippen molar-refractivity contribution in [3.8, 4) is 0 Å². The summed E-state index contributed by atoms with van der Waals surface area (Å²) in [4.78, 5) is 3.85. The van der Waals surface area contributed by atoms with Gasteiger partial charge in [-0.15, -0.1) is 12.4 Å². The van der Waals surface area contributed by atoms with Crippen LogP contribution in [0.3, 0.4) is 0 Å². The molecule has 2 N–H and O–H groups in total. The summed E-state index contributed by atoms with van der Waals surface area (Å²) < 4.78 is 28.1. The third-order valence-electron chi connectivity index (χ3n) is 2.22. The molecule has 106 valence electrons. The van der Waals surface area contributed by atoms with Crippen molar-refractivity contribution >= 4 is 28.4 Å². The van der Waals surface area contributed by atoms with E-state index in [1.807, 2.05) is 0 Å². The third kappa shape index (κ3) is 3.94. The minimum atomic E-state index is -3.95. The second-order valence-electron chi connectivity index (χ2n) is 3.56. The Labute approximate surface area is 122 Å². The lowest BCUT2D eigenvalue weighted by Crippen LogP contribution is -2.15. The first-order chi connectivity index (χ1) is 9.09. The Balaban J connectivity index is 0.00000200. The summed E-state index contributed by atoms with van der Waals surface area (Å²) in [5.41, 5.74) is 6.08. The van der Waals surface area contributed by atoms with Crippen LogP contribution in [0.4, 0.5) is 0 Å². The molecule has 0 saturated heterocycles. The molecule has 0 spiro atoms. The van der Waals surface area contributed by atoms with E-state index in [1.54, 1.807) is 36.5 Å². The van der Waals surface area contributed by atoms with Crippen molar-refractivity contribution in [2.24, 2.45) is 10.9 Å². The van der Waals surface area contributed by atoms with Crippen LogP contribution in [0.2, 0.25) is 0 Å². The van der Waals surface area contributed by atoms with Gasteiger partial charge < -0.3 is 5.73 Å². The van der Waals surface area contributed by atoms with Gasteiger partial charge in [0.25, 0.3) is 0 Å². The van der Waals surface area contributed by atoms with Gasteiger partial charge in [-0.3, -0.25) is 9.27 Å². The van der Waals surface area contributed by atoms with Crippen LogP contribution in [-0.2, 0) is 14.4 Å². The summed E-state index contributed by atoms with van der Waals surface area (Å²) in [7, 11) is -3.95. The Morgan fingerprint density at radius 1 is 1.15 bits per heavy atom. The van der Waals surface area contributed by atoms with Gasteiger partial charge in [-0.1, -0.05) is 18.2 Å². The molecule has 0 aliphatic carbocycles. The highest BCUT2D eigenvalue weighted by molar-refractivity contribution is 7.86. The number of pyridine rings is 1. The Bertz CT molecular complexity index is 676. The van der Waals surface area contributed by atoms with E-state index in [0.717, 1.165) is 0 Å². The van der Waals surface area contributed by atoms with Gasteiger partial charge in [0.05, 0.1) is 0 Å². The summed E-state index contributed by atoms with van der Waals surface area (Å²) in [6.07, 6.45) is 3.02. The van der Waals surface area contributed by atoms with Crippen molar-refractivity contribution in [3.63, 3.8) is 0 Å². The van der Waals surface area contributed by atoms with Crippen LogP contribution in [0, 0.1) is 0 Å². The number of rotatable bonds is 4. The molecule has 6 nitrogen and oxygen atoms in total. The average Bonchev–Trinajstić information content (AvgIpc) is 2.47. The number of nitrogens with zero attached hydrogens (tertiary/aromatic N) is 2. The van der Waals surface area contributed by atoms with Gasteiger partial charge in [-0.25, -0.2) is 0 Å². The average molecular weight is 314 g/mol. The maximum atomic E-state index is 11.8. The van der Waals surface area contributed by atoms with E-state index in [1.165, 1.54) is 18.3 Å². The van der Waals surface area contributed by atoms with Crippen molar-refractivity contribution in [2.75, 3.05) is 0 Å². The number of aromatic nitrogens is 1. The van der Waals surface area contributed by atoms with Gasteiger partial charge in [-0.05, 0) is 29.4 Å². The fourth-order valence-electron chi connectivity index (χ4n) is 1.29. The molecule has 20 heavy (non-hydrogen) atoms. The second kappa shape index (κ2) is 6.88. The number of hydrogen-bond acceptors (Lipinski definition) is 5. The first kappa shape index (κ1) is 15.9. The monoisotopic (exact) mass is 313 g/mol.